The molecule has 0 aromatic heterocycles. The quantitative estimate of drug-likeness (QED) is 0.476. The van der Waals surface area contributed by atoms with Gasteiger partial charge in [-0.3, -0.25) is 0 Å². The third kappa shape index (κ3) is 8.92. The molecule has 2 aromatic carbocycles. The molecular weight excluding hydrogens is 415 g/mol. The summed E-state index contributed by atoms with van der Waals surface area (Å²) in [6, 6.07) is 11.4. The molecule has 2 nitrogen and oxygen atoms in total. The van der Waals surface area contributed by atoms with Crippen molar-refractivity contribution in [3.8, 4) is 11.5 Å². The Bertz CT molecular complexity index is 641. The van der Waals surface area contributed by atoms with Crippen LogP contribution in [0, 0.1) is 13.8 Å². The Balaban J connectivity index is -0.000000384. The maximum atomic E-state index is 11.6. The van der Waals surface area contributed by atoms with E-state index in [0.29, 0.717) is 0 Å². The second-order valence-electron chi connectivity index (χ2n) is 8.40. The molecule has 0 amide bonds. The number of aryl methyl sites for hydroxylation is 2. The van der Waals surface area contributed by atoms with Gasteiger partial charge in [-0.15, -0.1) is 11.5 Å². The van der Waals surface area contributed by atoms with Crippen molar-refractivity contribution in [2.24, 2.45) is 0 Å². The van der Waals surface area contributed by atoms with Crippen LogP contribution in [0.3, 0.4) is 0 Å². The molecule has 0 saturated heterocycles. The average molecular weight is 445 g/mol. The van der Waals surface area contributed by atoms with Crippen LogP contribution in [0.15, 0.2) is 36.4 Å². The largest absolute Gasteiger partial charge is 4.00 e. The molecule has 2 aromatic rings. The maximum Gasteiger partial charge on any atom is 4.00 e. The smallest absolute Gasteiger partial charge is 1.00 e. The number of halogens is 2. The molecule has 0 N–H and O–H groups in total. The molecule has 5 heteroatoms. The van der Waals surface area contributed by atoms with E-state index in [-0.39, 0.29) is 68.9 Å². The number of rotatable bonds is 0. The van der Waals surface area contributed by atoms with Crippen molar-refractivity contribution < 1.29 is 56.7 Å². The molecule has 2 rings (SSSR count). The zero-order valence-corrected chi connectivity index (χ0v) is 20.6. The fourth-order valence-electron chi connectivity index (χ4n) is 2.49. The molecule has 0 spiro atoms. The van der Waals surface area contributed by atoms with Crippen molar-refractivity contribution in [3.63, 3.8) is 0 Å². The Kier molecular flexibility index (Phi) is 13.8. The van der Waals surface area contributed by atoms with Gasteiger partial charge >= 0.3 is 21.7 Å². The van der Waals surface area contributed by atoms with E-state index >= 15 is 0 Å². The van der Waals surface area contributed by atoms with Gasteiger partial charge in [0.1, 0.15) is 0 Å². The number of hydrogen-bond acceptors (Lipinski definition) is 2. The van der Waals surface area contributed by atoms with Crippen molar-refractivity contribution >= 4 is 0 Å². The summed E-state index contributed by atoms with van der Waals surface area (Å²) in [5.74, 6) is 0.370. The fourth-order valence-corrected chi connectivity index (χ4v) is 2.49. The van der Waals surface area contributed by atoms with Gasteiger partial charge < -0.3 is 35.0 Å². The molecule has 0 saturated carbocycles. The van der Waals surface area contributed by atoms with Crippen molar-refractivity contribution in [3.05, 3.63) is 58.7 Å². The molecule has 0 heterocycles. The van der Waals surface area contributed by atoms with Crippen LogP contribution in [-0.4, -0.2) is 0 Å². The summed E-state index contributed by atoms with van der Waals surface area (Å²) in [5, 5.41) is 23.2. The topological polar surface area (TPSA) is 46.1 Å². The minimum Gasteiger partial charge on any atom is -1.00 e. The van der Waals surface area contributed by atoms with Gasteiger partial charge in [0.2, 0.25) is 0 Å². The first-order valence-electron chi connectivity index (χ1n) is 8.40. The van der Waals surface area contributed by atoms with E-state index in [4.69, 9.17) is 0 Å². The Labute approximate surface area is 192 Å². The maximum absolute atomic E-state index is 11.6. The number of benzene rings is 2. The number of hydrogen-bond donors (Lipinski definition) is 0. The van der Waals surface area contributed by atoms with Crippen molar-refractivity contribution in [1.29, 1.82) is 0 Å². The first kappa shape index (κ1) is 31.0. The monoisotopic (exact) mass is 444 g/mol. The third-order valence-corrected chi connectivity index (χ3v) is 4.04. The Morgan fingerprint density at radius 2 is 0.852 bits per heavy atom. The van der Waals surface area contributed by atoms with Gasteiger partial charge in [-0.05, 0) is 24.7 Å². The van der Waals surface area contributed by atoms with Gasteiger partial charge in [-0.25, -0.2) is 0 Å². The van der Waals surface area contributed by atoms with E-state index in [1.807, 2.05) is 50.2 Å². The molecule has 0 radical (unpaired) electrons. The van der Waals surface area contributed by atoms with Gasteiger partial charge in [0, 0.05) is 0 Å². The van der Waals surface area contributed by atoms with Crippen LogP contribution in [0.4, 0.5) is 0 Å². The summed E-state index contributed by atoms with van der Waals surface area (Å²) >= 11 is 0. The fraction of sp³-hybridized carbons (Fsp3) is 0.455. The summed E-state index contributed by atoms with van der Waals surface area (Å²) in [4.78, 5) is 0. The molecular formula is C22H30Cl2O2Ti. The van der Waals surface area contributed by atoms with Gasteiger partial charge in [-0.1, -0.05) is 100 Å². The third-order valence-electron chi connectivity index (χ3n) is 4.04. The van der Waals surface area contributed by atoms with Gasteiger partial charge in [0.25, 0.3) is 0 Å². The standard InChI is InChI=1S/2C11H16O.2ClH.Ti/c2*1-8-6-5-7-9(10(8)12)11(2,3)4;;;/h2*5-7,12H,1-4H3;2*1H;/q;;;;+4/p-4. The van der Waals surface area contributed by atoms with Crippen LogP contribution in [0.2, 0.25) is 0 Å². The van der Waals surface area contributed by atoms with E-state index in [0.717, 1.165) is 22.3 Å². The predicted molar refractivity (Wildman–Crippen MR) is 98.7 cm³/mol. The molecule has 27 heavy (non-hydrogen) atoms. The molecule has 0 fully saturated rings. The minimum atomic E-state index is -0.0386. The van der Waals surface area contributed by atoms with Crippen LogP contribution in [0.5, 0.6) is 11.5 Å². The summed E-state index contributed by atoms with van der Waals surface area (Å²) in [6.07, 6.45) is 0. The SMILES string of the molecule is Cc1cccc(C(C)(C)C)c1[O-].Cc1cccc(C(C)(C)C)c1[O-].[Cl-].[Cl-].[Ti+4]. The first-order valence-corrected chi connectivity index (χ1v) is 8.40. The van der Waals surface area contributed by atoms with Gasteiger partial charge in [-0.2, -0.15) is 0 Å². The zero-order valence-electron chi connectivity index (χ0n) is 17.5. The van der Waals surface area contributed by atoms with E-state index in [1.165, 1.54) is 0 Å². The Hall–Kier alpha value is -0.666. The molecule has 0 aliphatic heterocycles. The van der Waals surface area contributed by atoms with Gasteiger partial charge in [0.05, 0.1) is 0 Å². The molecule has 0 bridgehead atoms. The summed E-state index contributed by atoms with van der Waals surface area (Å²) in [6.45, 7) is 16.1. The average Bonchev–Trinajstić information content (AvgIpc) is 2.43. The van der Waals surface area contributed by atoms with E-state index in [9.17, 15) is 10.2 Å². The van der Waals surface area contributed by atoms with Crippen molar-refractivity contribution in [1.82, 2.24) is 0 Å². The molecule has 0 atom stereocenters. The normalized spacial score (nSPS) is 10.4. The molecule has 0 aliphatic carbocycles. The first-order chi connectivity index (χ1) is 10.9. The summed E-state index contributed by atoms with van der Waals surface area (Å²) in [7, 11) is 0. The number of para-hydroxylation sites is 2. The van der Waals surface area contributed by atoms with Crippen LogP contribution >= 0.6 is 0 Å². The molecule has 0 aliphatic rings. The van der Waals surface area contributed by atoms with Crippen LogP contribution < -0.4 is 35.0 Å². The minimum absolute atomic E-state index is 0. The Morgan fingerprint density at radius 3 is 1.04 bits per heavy atom. The Morgan fingerprint density at radius 1 is 0.593 bits per heavy atom. The summed E-state index contributed by atoms with van der Waals surface area (Å²) in [5.41, 5.74) is 3.40. The zero-order chi connectivity index (χ0) is 18.7. The molecule has 0 unspecified atom stereocenters. The second-order valence-corrected chi connectivity index (χ2v) is 8.40. The van der Waals surface area contributed by atoms with E-state index in [2.05, 4.69) is 41.5 Å². The van der Waals surface area contributed by atoms with E-state index < -0.39 is 0 Å². The van der Waals surface area contributed by atoms with Crippen molar-refractivity contribution in [2.75, 3.05) is 0 Å². The molecule has 148 valence electrons. The second kappa shape index (κ2) is 12.0. The van der Waals surface area contributed by atoms with Crippen LogP contribution in [-0.2, 0) is 32.5 Å². The van der Waals surface area contributed by atoms with Crippen LogP contribution in [0.25, 0.3) is 0 Å². The van der Waals surface area contributed by atoms with E-state index in [1.54, 1.807) is 0 Å². The van der Waals surface area contributed by atoms with Crippen molar-refractivity contribution in [2.45, 2.75) is 66.2 Å². The summed E-state index contributed by atoms with van der Waals surface area (Å²) < 4.78 is 0. The predicted octanol–water partition coefficient (Wildman–Crippen LogP) is -1.26. The van der Waals surface area contributed by atoms with Crippen LogP contribution in [0.1, 0.15) is 63.8 Å². The van der Waals surface area contributed by atoms with Gasteiger partial charge in [0.15, 0.2) is 0 Å².